The smallest absolute Gasteiger partial charge is 0.416 e. The number of fused-ring (bicyclic) bond motifs is 1. The molecular formula is C16H12F3NO5. The number of nitro groups is 1. The van der Waals surface area contributed by atoms with Crippen LogP contribution in [0.1, 0.15) is 22.6 Å². The summed E-state index contributed by atoms with van der Waals surface area (Å²) in [4.78, 5) is 10.4. The molecule has 1 heterocycles. The summed E-state index contributed by atoms with van der Waals surface area (Å²) < 4.78 is 49.1. The first-order chi connectivity index (χ1) is 11.8. The molecule has 0 bridgehead atoms. The van der Waals surface area contributed by atoms with E-state index in [2.05, 4.69) is 0 Å². The van der Waals surface area contributed by atoms with E-state index in [4.69, 9.17) is 9.47 Å². The molecule has 0 radical (unpaired) electrons. The molecule has 132 valence electrons. The minimum atomic E-state index is -4.58. The molecule has 0 amide bonds. The molecule has 0 spiro atoms. The maximum atomic E-state index is 12.9. The van der Waals surface area contributed by atoms with Crippen molar-refractivity contribution in [1.82, 2.24) is 0 Å². The van der Waals surface area contributed by atoms with Crippen molar-refractivity contribution in [2.75, 3.05) is 13.3 Å². The van der Waals surface area contributed by atoms with Gasteiger partial charge in [-0.3, -0.25) is 10.1 Å². The molecule has 1 atom stereocenters. The molecule has 9 heteroatoms. The molecule has 0 fully saturated rings. The summed E-state index contributed by atoms with van der Waals surface area (Å²) in [5, 5.41) is 21.2. The largest absolute Gasteiger partial charge is 0.507 e. The Balaban J connectivity index is 2.09. The fraction of sp³-hybridized carbons (Fsp3) is 0.250. The number of hydrogen-bond donors (Lipinski definition) is 1. The summed E-state index contributed by atoms with van der Waals surface area (Å²) in [6.45, 7) is -0.754. The molecule has 2 aromatic carbocycles. The van der Waals surface area contributed by atoms with Crippen LogP contribution in [-0.2, 0) is 6.18 Å². The van der Waals surface area contributed by atoms with Crippen molar-refractivity contribution in [1.29, 1.82) is 0 Å². The van der Waals surface area contributed by atoms with Crippen molar-refractivity contribution in [2.45, 2.75) is 12.1 Å². The number of ether oxygens (including phenoxy) is 2. The van der Waals surface area contributed by atoms with Gasteiger partial charge < -0.3 is 14.6 Å². The lowest BCUT2D eigenvalue weighted by molar-refractivity contribution is -0.481. The molecule has 0 saturated heterocycles. The van der Waals surface area contributed by atoms with E-state index in [1.165, 1.54) is 24.3 Å². The Hall–Kier alpha value is -2.97. The molecule has 0 aromatic heterocycles. The zero-order valence-electron chi connectivity index (χ0n) is 12.6. The van der Waals surface area contributed by atoms with Crippen molar-refractivity contribution in [3.63, 3.8) is 0 Å². The van der Waals surface area contributed by atoms with Crippen molar-refractivity contribution < 1.29 is 32.7 Å². The van der Waals surface area contributed by atoms with Crippen LogP contribution in [0.25, 0.3) is 0 Å². The third kappa shape index (κ3) is 3.44. The number of alkyl halides is 3. The van der Waals surface area contributed by atoms with Crippen LogP contribution in [0.15, 0.2) is 36.4 Å². The predicted octanol–water partition coefficient (Wildman–Crippen LogP) is 3.55. The average Bonchev–Trinajstić information content (AvgIpc) is 2.98. The van der Waals surface area contributed by atoms with Gasteiger partial charge in [0.2, 0.25) is 13.3 Å². The lowest BCUT2D eigenvalue weighted by atomic mass is 9.89. The van der Waals surface area contributed by atoms with E-state index in [0.717, 1.165) is 12.1 Å². The van der Waals surface area contributed by atoms with Gasteiger partial charge in [-0.15, -0.1) is 0 Å². The first-order valence-corrected chi connectivity index (χ1v) is 7.17. The zero-order valence-corrected chi connectivity index (χ0v) is 12.6. The number of hydrogen-bond acceptors (Lipinski definition) is 5. The molecule has 1 aliphatic rings. The number of phenolic OH excluding ortho intramolecular Hbond substituents is 1. The molecule has 0 aliphatic carbocycles. The second kappa shape index (κ2) is 6.15. The third-order valence-corrected chi connectivity index (χ3v) is 3.85. The van der Waals surface area contributed by atoms with Gasteiger partial charge in [0.15, 0.2) is 11.5 Å². The Bertz CT molecular complexity index is 822. The summed E-state index contributed by atoms with van der Waals surface area (Å²) in [6, 6.07) is 6.84. The molecule has 1 N–H and O–H groups in total. The molecule has 25 heavy (non-hydrogen) atoms. The second-order valence-electron chi connectivity index (χ2n) is 5.46. The summed E-state index contributed by atoms with van der Waals surface area (Å²) >= 11 is 0. The SMILES string of the molecule is O=[N+]([O-])CC(c1cccc(C(F)(F)F)c1)c1cc2c(cc1O)OCO2. The minimum absolute atomic E-state index is 0.0678. The van der Waals surface area contributed by atoms with Crippen molar-refractivity contribution in [3.8, 4) is 17.2 Å². The van der Waals surface area contributed by atoms with Gasteiger partial charge in [0.1, 0.15) is 5.75 Å². The van der Waals surface area contributed by atoms with Crippen LogP contribution in [0, 0.1) is 10.1 Å². The summed E-state index contributed by atoms with van der Waals surface area (Å²) in [5.41, 5.74) is -0.750. The molecule has 1 aliphatic heterocycles. The summed E-state index contributed by atoms with van der Waals surface area (Å²) in [7, 11) is 0. The Labute approximate surface area is 139 Å². The van der Waals surface area contributed by atoms with E-state index >= 15 is 0 Å². The summed E-state index contributed by atoms with van der Waals surface area (Å²) in [6.07, 6.45) is -4.58. The highest BCUT2D eigenvalue weighted by Crippen LogP contribution is 2.42. The van der Waals surface area contributed by atoms with Crippen LogP contribution in [0.4, 0.5) is 13.2 Å². The fourth-order valence-corrected chi connectivity index (χ4v) is 2.69. The monoisotopic (exact) mass is 355 g/mol. The van der Waals surface area contributed by atoms with Gasteiger partial charge in [-0.25, -0.2) is 0 Å². The first-order valence-electron chi connectivity index (χ1n) is 7.17. The summed E-state index contributed by atoms with van der Waals surface area (Å²) in [5.74, 6) is -0.849. The maximum absolute atomic E-state index is 12.9. The van der Waals surface area contributed by atoms with Crippen LogP contribution in [0.5, 0.6) is 17.2 Å². The van der Waals surface area contributed by atoms with Gasteiger partial charge in [-0.1, -0.05) is 18.2 Å². The van der Waals surface area contributed by atoms with Crippen molar-refractivity contribution in [2.24, 2.45) is 0 Å². The highest BCUT2D eigenvalue weighted by molar-refractivity contribution is 5.54. The average molecular weight is 355 g/mol. The van der Waals surface area contributed by atoms with Gasteiger partial charge in [-0.05, 0) is 17.7 Å². The molecule has 6 nitrogen and oxygen atoms in total. The van der Waals surface area contributed by atoms with Gasteiger partial charge in [0.25, 0.3) is 0 Å². The van der Waals surface area contributed by atoms with Crippen molar-refractivity contribution >= 4 is 0 Å². The highest BCUT2D eigenvalue weighted by atomic mass is 19.4. The second-order valence-corrected chi connectivity index (χ2v) is 5.46. The number of phenols is 1. The van der Waals surface area contributed by atoms with Crippen LogP contribution in [0.3, 0.4) is 0 Å². The quantitative estimate of drug-likeness (QED) is 0.670. The van der Waals surface area contributed by atoms with E-state index in [-0.39, 0.29) is 35.2 Å². The van der Waals surface area contributed by atoms with Gasteiger partial charge in [0, 0.05) is 16.6 Å². The number of halogens is 3. The van der Waals surface area contributed by atoms with Gasteiger partial charge in [0.05, 0.1) is 11.5 Å². The Morgan fingerprint density at radius 3 is 2.52 bits per heavy atom. The van der Waals surface area contributed by atoms with E-state index in [0.29, 0.717) is 0 Å². The van der Waals surface area contributed by atoms with E-state index in [1.807, 2.05) is 0 Å². The van der Waals surface area contributed by atoms with E-state index in [9.17, 15) is 28.4 Å². The van der Waals surface area contributed by atoms with Crippen LogP contribution in [-0.4, -0.2) is 23.4 Å². The zero-order chi connectivity index (χ0) is 18.2. The minimum Gasteiger partial charge on any atom is -0.507 e. The maximum Gasteiger partial charge on any atom is 0.416 e. The van der Waals surface area contributed by atoms with Gasteiger partial charge >= 0.3 is 6.18 Å². The molecule has 2 aromatic rings. The lowest BCUT2D eigenvalue weighted by Crippen LogP contribution is -2.15. The third-order valence-electron chi connectivity index (χ3n) is 3.85. The van der Waals surface area contributed by atoms with Gasteiger partial charge in [-0.2, -0.15) is 13.2 Å². The van der Waals surface area contributed by atoms with E-state index in [1.54, 1.807) is 0 Å². The molecule has 0 saturated carbocycles. The number of rotatable bonds is 4. The normalized spacial score (nSPS) is 14.4. The highest BCUT2D eigenvalue weighted by Gasteiger charge is 2.33. The number of benzene rings is 2. The van der Waals surface area contributed by atoms with Crippen molar-refractivity contribution in [3.05, 3.63) is 63.2 Å². The topological polar surface area (TPSA) is 81.8 Å². The van der Waals surface area contributed by atoms with Crippen LogP contribution < -0.4 is 9.47 Å². The Kier molecular flexibility index (Phi) is 4.15. The lowest BCUT2D eigenvalue weighted by Gasteiger charge is -2.17. The first kappa shape index (κ1) is 16.9. The van der Waals surface area contributed by atoms with Crippen LogP contribution in [0.2, 0.25) is 0 Å². The van der Waals surface area contributed by atoms with Crippen LogP contribution >= 0.6 is 0 Å². The number of aromatic hydroxyl groups is 1. The predicted molar refractivity (Wildman–Crippen MR) is 79.4 cm³/mol. The molecule has 1 unspecified atom stereocenters. The van der Waals surface area contributed by atoms with E-state index < -0.39 is 29.1 Å². The standard InChI is InChI=1S/C16H12F3NO5/c17-16(18,19)10-3-1-2-9(4-10)12(7-20(22)23)11-5-14-15(6-13(11)21)25-8-24-14/h1-6,12,21H,7-8H2. The number of nitrogens with zero attached hydrogens (tertiary/aromatic N) is 1. The Morgan fingerprint density at radius 2 is 1.88 bits per heavy atom. The Morgan fingerprint density at radius 1 is 1.20 bits per heavy atom. The molecular weight excluding hydrogens is 343 g/mol. The fourth-order valence-electron chi connectivity index (χ4n) is 2.69. The molecule has 3 rings (SSSR count).